The van der Waals surface area contributed by atoms with Crippen LogP contribution in [0.3, 0.4) is 0 Å². The van der Waals surface area contributed by atoms with Crippen LogP contribution in [0.1, 0.15) is 46.0 Å². The number of hydrogen-bond donors (Lipinski definition) is 1. The van der Waals surface area contributed by atoms with Crippen molar-refractivity contribution in [2.24, 2.45) is 5.41 Å². The Bertz CT molecular complexity index is 303. The van der Waals surface area contributed by atoms with E-state index in [1.54, 1.807) is 0 Å². The van der Waals surface area contributed by atoms with Crippen molar-refractivity contribution in [2.75, 3.05) is 19.7 Å². The second-order valence-corrected chi connectivity index (χ2v) is 6.34. The summed E-state index contributed by atoms with van der Waals surface area (Å²) in [6, 6.07) is 0.589. The number of morpholine rings is 1. The molecule has 0 radical (unpaired) electrons. The SMILES string of the molecule is CC1(C)CCCCC1N1CCOC(CC(=O)O)C1. The summed E-state index contributed by atoms with van der Waals surface area (Å²) in [4.78, 5) is 13.2. The third-order valence-electron chi connectivity index (χ3n) is 4.46. The lowest BCUT2D eigenvalue weighted by atomic mass is 9.72. The van der Waals surface area contributed by atoms with Gasteiger partial charge in [0.05, 0.1) is 19.1 Å². The molecule has 0 aromatic heterocycles. The molecule has 1 aliphatic heterocycles. The van der Waals surface area contributed by atoms with E-state index in [2.05, 4.69) is 18.7 Å². The maximum absolute atomic E-state index is 10.8. The monoisotopic (exact) mass is 255 g/mol. The van der Waals surface area contributed by atoms with Crippen molar-refractivity contribution in [3.8, 4) is 0 Å². The average Bonchev–Trinajstić information content (AvgIpc) is 2.27. The molecule has 2 rings (SSSR count). The lowest BCUT2D eigenvalue weighted by Crippen LogP contribution is -2.54. The zero-order valence-corrected chi connectivity index (χ0v) is 11.5. The molecule has 1 aliphatic carbocycles. The Labute approximate surface area is 109 Å². The normalized spacial score (nSPS) is 33.2. The van der Waals surface area contributed by atoms with Gasteiger partial charge in [0.15, 0.2) is 0 Å². The minimum atomic E-state index is -0.759. The highest BCUT2D eigenvalue weighted by Gasteiger charge is 2.38. The van der Waals surface area contributed by atoms with Crippen LogP contribution < -0.4 is 0 Å². The predicted octanol–water partition coefficient (Wildman–Crippen LogP) is 2.13. The lowest BCUT2D eigenvalue weighted by molar-refractivity contribution is -0.143. The Balaban J connectivity index is 1.97. The van der Waals surface area contributed by atoms with E-state index in [9.17, 15) is 4.79 Å². The van der Waals surface area contributed by atoms with E-state index in [4.69, 9.17) is 9.84 Å². The average molecular weight is 255 g/mol. The molecule has 1 saturated heterocycles. The Hall–Kier alpha value is -0.610. The molecule has 1 heterocycles. The van der Waals surface area contributed by atoms with Gasteiger partial charge in [-0.2, -0.15) is 0 Å². The van der Waals surface area contributed by atoms with E-state index in [1.807, 2.05) is 0 Å². The quantitative estimate of drug-likeness (QED) is 0.839. The maximum atomic E-state index is 10.8. The van der Waals surface area contributed by atoms with Crippen molar-refractivity contribution in [1.82, 2.24) is 4.90 Å². The van der Waals surface area contributed by atoms with Crippen LogP contribution in [0.2, 0.25) is 0 Å². The van der Waals surface area contributed by atoms with E-state index in [0.29, 0.717) is 18.1 Å². The van der Waals surface area contributed by atoms with Gasteiger partial charge in [-0.25, -0.2) is 0 Å². The van der Waals surface area contributed by atoms with Crippen LogP contribution >= 0.6 is 0 Å². The van der Waals surface area contributed by atoms with Gasteiger partial charge in [-0.1, -0.05) is 26.7 Å². The van der Waals surface area contributed by atoms with Gasteiger partial charge in [0.1, 0.15) is 0 Å². The van der Waals surface area contributed by atoms with Gasteiger partial charge in [-0.05, 0) is 18.3 Å². The Morgan fingerprint density at radius 1 is 1.44 bits per heavy atom. The van der Waals surface area contributed by atoms with Crippen molar-refractivity contribution in [3.63, 3.8) is 0 Å². The highest BCUT2D eigenvalue weighted by atomic mass is 16.5. The second-order valence-electron chi connectivity index (χ2n) is 6.34. The third-order valence-corrected chi connectivity index (χ3v) is 4.46. The first-order valence-corrected chi connectivity index (χ1v) is 7.06. The molecular weight excluding hydrogens is 230 g/mol. The molecule has 2 unspecified atom stereocenters. The van der Waals surface area contributed by atoms with E-state index >= 15 is 0 Å². The topological polar surface area (TPSA) is 49.8 Å². The van der Waals surface area contributed by atoms with Crippen LogP contribution in [-0.2, 0) is 9.53 Å². The van der Waals surface area contributed by atoms with Gasteiger partial charge in [0, 0.05) is 19.1 Å². The summed E-state index contributed by atoms with van der Waals surface area (Å²) in [5.41, 5.74) is 0.351. The van der Waals surface area contributed by atoms with E-state index in [1.165, 1.54) is 25.7 Å². The molecule has 0 aromatic rings. The second kappa shape index (κ2) is 5.57. The minimum absolute atomic E-state index is 0.129. The molecule has 0 amide bonds. The molecule has 1 N–H and O–H groups in total. The van der Waals surface area contributed by atoms with Crippen LogP contribution in [0.5, 0.6) is 0 Å². The number of carboxylic acid groups (broad SMARTS) is 1. The first kappa shape index (κ1) is 13.8. The Morgan fingerprint density at radius 3 is 2.89 bits per heavy atom. The third kappa shape index (κ3) is 3.23. The number of hydrogen-bond acceptors (Lipinski definition) is 3. The largest absolute Gasteiger partial charge is 0.481 e. The van der Waals surface area contributed by atoms with Gasteiger partial charge in [0.25, 0.3) is 0 Å². The summed E-state index contributed by atoms with van der Waals surface area (Å²) in [7, 11) is 0. The molecule has 2 aliphatic rings. The van der Waals surface area contributed by atoms with Crippen LogP contribution in [0.25, 0.3) is 0 Å². The molecule has 2 fully saturated rings. The number of ether oxygens (including phenoxy) is 1. The van der Waals surface area contributed by atoms with Gasteiger partial charge in [-0.15, -0.1) is 0 Å². The Kier molecular flexibility index (Phi) is 4.28. The van der Waals surface area contributed by atoms with Crippen molar-refractivity contribution in [2.45, 2.75) is 58.1 Å². The summed E-state index contributed by atoms with van der Waals surface area (Å²) < 4.78 is 5.56. The lowest BCUT2D eigenvalue weighted by Gasteiger charge is -2.48. The van der Waals surface area contributed by atoms with E-state index in [-0.39, 0.29) is 12.5 Å². The zero-order chi connectivity index (χ0) is 13.2. The molecule has 4 heteroatoms. The molecule has 0 bridgehead atoms. The highest BCUT2D eigenvalue weighted by Crippen LogP contribution is 2.39. The zero-order valence-electron chi connectivity index (χ0n) is 11.5. The number of carbonyl (C=O) groups is 1. The van der Waals surface area contributed by atoms with Crippen molar-refractivity contribution < 1.29 is 14.6 Å². The smallest absolute Gasteiger partial charge is 0.306 e. The molecule has 0 spiro atoms. The molecular formula is C14H25NO3. The number of carboxylic acids is 1. The van der Waals surface area contributed by atoms with Crippen LogP contribution in [0.15, 0.2) is 0 Å². The molecule has 2 atom stereocenters. The summed E-state index contributed by atoms with van der Waals surface area (Å²) in [5.74, 6) is -0.759. The van der Waals surface area contributed by atoms with Crippen molar-refractivity contribution in [1.29, 1.82) is 0 Å². The van der Waals surface area contributed by atoms with Gasteiger partial charge in [-0.3, -0.25) is 9.69 Å². The van der Waals surface area contributed by atoms with Crippen molar-refractivity contribution in [3.05, 3.63) is 0 Å². The first-order chi connectivity index (χ1) is 8.49. The fraction of sp³-hybridized carbons (Fsp3) is 0.929. The maximum Gasteiger partial charge on any atom is 0.306 e. The molecule has 1 saturated carbocycles. The van der Waals surface area contributed by atoms with E-state index in [0.717, 1.165) is 13.1 Å². The molecule has 18 heavy (non-hydrogen) atoms. The summed E-state index contributed by atoms with van der Waals surface area (Å²) in [6.45, 7) is 7.09. The predicted molar refractivity (Wildman–Crippen MR) is 69.6 cm³/mol. The minimum Gasteiger partial charge on any atom is -0.481 e. The van der Waals surface area contributed by atoms with Crippen LogP contribution in [-0.4, -0.2) is 47.8 Å². The standard InChI is InChI=1S/C14H25NO3/c1-14(2)6-4-3-5-12(14)15-7-8-18-11(10-15)9-13(16)17/h11-12H,3-10H2,1-2H3,(H,16,17). The van der Waals surface area contributed by atoms with E-state index < -0.39 is 5.97 Å². The van der Waals surface area contributed by atoms with Crippen LogP contribution in [0.4, 0.5) is 0 Å². The number of aliphatic carboxylic acids is 1. The fourth-order valence-corrected chi connectivity index (χ4v) is 3.50. The molecule has 4 nitrogen and oxygen atoms in total. The summed E-state index contributed by atoms with van der Waals surface area (Å²) in [6.07, 6.45) is 5.14. The summed E-state index contributed by atoms with van der Waals surface area (Å²) >= 11 is 0. The van der Waals surface area contributed by atoms with Gasteiger partial charge >= 0.3 is 5.97 Å². The van der Waals surface area contributed by atoms with Gasteiger partial charge in [0.2, 0.25) is 0 Å². The molecule has 0 aromatic carbocycles. The fourth-order valence-electron chi connectivity index (χ4n) is 3.50. The first-order valence-electron chi connectivity index (χ1n) is 7.06. The summed E-state index contributed by atoms with van der Waals surface area (Å²) in [5, 5.41) is 8.87. The van der Waals surface area contributed by atoms with Crippen molar-refractivity contribution >= 4 is 5.97 Å². The van der Waals surface area contributed by atoms with Crippen LogP contribution in [0, 0.1) is 5.41 Å². The Morgan fingerprint density at radius 2 is 2.22 bits per heavy atom. The molecule has 104 valence electrons. The number of rotatable bonds is 3. The van der Waals surface area contributed by atoms with Gasteiger partial charge < -0.3 is 9.84 Å². The highest BCUT2D eigenvalue weighted by molar-refractivity contribution is 5.67. The number of nitrogens with zero attached hydrogens (tertiary/aromatic N) is 1.